The topological polar surface area (TPSA) is 80.0 Å². The molecule has 0 aliphatic carbocycles. The lowest BCUT2D eigenvalue weighted by Gasteiger charge is -2.21. The van der Waals surface area contributed by atoms with E-state index in [0.29, 0.717) is 17.2 Å². The number of nitrogens with two attached hydrogens (primary N) is 1. The molecule has 28 heavy (non-hydrogen) atoms. The van der Waals surface area contributed by atoms with Crippen molar-refractivity contribution >= 4 is 18.4 Å². The van der Waals surface area contributed by atoms with Gasteiger partial charge in [-0.05, 0) is 18.6 Å². The molecule has 0 bridgehead atoms. The second-order valence-corrected chi connectivity index (χ2v) is 5.70. The van der Waals surface area contributed by atoms with E-state index in [2.05, 4.69) is 0 Å². The van der Waals surface area contributed by atoms with E-state index in [9.17, 15) is 9.18 Å². The number of alkyl halides is 1. The van der Waals surface area contributed by atoms with Gasteiger partial charge in [-0.1, -0.05) is 30.3 Å². The van der Waals surface area contributed by atoms with E-state index in [1.807, 2.05) is 30.3 Å². The molecule has 0 amide bonds. The average Bonchev–Trinajstić information content (AvgIpc) is 2.71. The van der Waals surface area contributed by atoms with Gasteiger partial charge in [0.15, 0.2) is 11.5 Å². The summed E-state index contributed by atoms with van der Waals surface area (Å²) in [5, 5.41) is 0. The molecule has 0 radical (unpaired) electrons. The number of carbonyl (C=O) groups excluding carboxylic acids is 1. The van der Waals surface area contributed by atoms with Crippen LogP contribution in [0, 0.1) is 0 Å². The van der Waals surface area contributed by atoms with Crippen LogP contribution in [0.5, 0.6) is 17.2 Å². The molecule has 2 rings (SSSR count). The van der Waals surface area contributed by atoms with Crippen LogP contribution in [0.3, 0.4) is 0 Å². The van der Waals surface area contributed by atoms with E-state index < -0.39 is 18.2 Å². The van der Waals surface area contributed by atoms with E-state index in [1.165, 1.54) is 20.3 Å². The quantitative estimate of drug-likeness (QED) is 0.632. The fourth-order valence-electron chi connectivity index (χ4n) is 2.52. The minimum atomic E-state index is -2.04. The summed E-state index contributed by atoms with van der Waals surface area (Å²) in [5.74, 6) is 0.0406. The van der Waals surface area contributed by atoms with Crippen molar-refractivity contribution in [2.45, 2.75) is 25.7 Å². The summed E-state index contributed by atoms with van der Waals surface area (Å²) in [6, 6.07) is 11.3. The Morgan fingerprint density at radius 2 is 1.68 bits per heavy atom. The molecule has 0 aliphatic rings. The lowest BCUT2D eigenvalue weighted by atomic mass is 10.0. The normalized spacial score (nSPS) is 12.3. The summed E-state index contributed by atoms with van der Waals surface area (Å²) >= 11 is 0. The monoisotopic (exact) mass is 413 g/mol. The minimum Gasteiger partial charge on any atom is -0.493 e. The summed E-state index contributed by atoms with van der Waals surface area (Å²) in [5.41, 5.74) is 7.21. The molecule has 0 saturated heterocycles. The van der Waals surface area contributed by atoms with Gasteiger partial charge in [-0.2, -0.15) is 0 Å². The zero-order valence-corrected chi connectivity index (χ0v) is 16.8. The first-order chi connectivity index (χ1) is 13.0. The Morgan fingerprint density at radius 3 is 2.25 bits per heavy atom. The molecule has 0 spiro atoms. The number of rotatable bonds is 9. The zero-order valence-electron chi connectivity index (χ0n) is 16.0. The number of hydrogen-bond acceptors (Lipinski definition) is 6. The molecule has 0 aliphatic heterocycles. The number of carbonyl (C=O) groups is 1. The summed E-state index contributed by atoms with van der Waals surface area (Å²) in [4.78, 5) is 11.8. The Kier molecular flexibility index (Phi) is 9.55. The van der Waals surface area contributed by atoms with Gasteiger partial charge in [0, 0.05) is 11.6 Å². The molecule has 2 N–H and O–H groups in total. The smallest absolute Gasteiger partial charge is 0.342 e. The van der Waals surface area contributed by atoms with E-state index in [0.717, 1.165) is 5.56 Å². The molecule has 0 fully saturated rings. The van der Waals surface area contributed by atoms with Crippen molar-refractivity contribution in [2.75, 3.05) is 20.8 Å². The minimum absolute atomic E-state index is 0. The molecular formula is C20H25ClFNO5. The van der Waals surface area contributed by atoms with Gasteiger partial charge >= 0.3 is 5.97 Å². The molecule has 2 atom stereocenters. The Morgan fingerprint density at radius 1 is 1.07 bits per heavy atom. The van der Waals surface area contributed by atoms with Gasteiger partial charge in [-0.25, -0.2) is 9.18 Å². The molecule has 0 aromatic heterocycles. The van der Waals surface area contributed by atoms with Crippen molar-refractivity contribution < 1.29 is 28.1 Å². The first kappa shape index (κ1) is 23.5. The molecule has 154 valence electrons. The highest BCUT2D eigenvalue weighted by molar-refractivity contribution is 5.85. The first-order valence-electron chi connectivity index (χ1n) is 8.50. The van der Waals surface area contributed by atoms with Gasteiger partial charge < -0.3 is 24.7 Å². The maximum Gasteiger partial charge on any atom is 0.342 e. The van der Waals surface area contributed by atoms with Gasteiger partial charge in [0.1, 0.15) is 12.4 Å². The molecule has 0 heterocycles. The van der Waals surface area contributed by atoms with Crippen LogP contribution in [0.15, 0.2) is 42.5 Å². The van der Waals surface area contributed by atoms with Crippen molar-refractivity contribution in [3.63, 3.8) is 0 Å². The van der Waals surface area contributed by atoms with Crippen molar-refractivity contribution in [3.05, 3.63) is 53.6 Å². The number of methoxy groups -OCH3 is 2. The molecular weight excluding hydrogens is 389 g/mol. The van der Waals surface area contributed by atoms with Crippen LogP contribution in [0.2, 0.25) is 0 Å². The van der Waals surface area contributed by atoms with E-state index >= 15 is 0 Å². The molecule has 0 saturated carbocycles. The fourth-order valence-corrected chi connectivity index (χ4v) is 2.52. The Labute approximate surface area is 170 Å². The number of benzene rings is 2. The van der Waals surface area contributed by atoms with Gasteiger partial charge in [0.2, 0.25) is 6.17 Å². The maximum absolute atomic E-state index is 14.5. The Hall–Kier alpha value is -2.51. The fraction of sp³-hybridized carbons (Fsp3) is 0.350. The first-order valence-corrected chi connectivity index (χ1v) is 8.50. The van der Waals surface area contributed by atoms with Crippen LogP contribution in [0.4, 0.5) is 4.39 Å². The molecule has 2 aromatic carbocycles. The SMILES string of the molecule is CCOC(=O)C(F)[C@@H](N)c1cc(OC)c(OC)cc1OCc1ccccc1.Cl. The van der Waals surface area contributed by atoms with E-state index in [4.69, 9.17) is 24.7 Å². The number of hydrogen-bond donors (Lipinski definition) is 1. The Bertz CT molecular complexity index is 760. The van der Waals surface area contributed by atoms with Crippen molar-refractivity contribution in [1.29, 1.82) is 0 Å². The lowest BCUT2D eigenvalue weighted by Crippen LogP contribution is -2.32. The predicted octanol–water partition coefficient (Wildman–Crippen LogP) is 3.61. The predicted molar refractivity (Wildman–Crippen MR) is 106 cm³/mol. The number of esters is 1. The molecule has 6 nitrogen and oxygen atoms in total. The van der Waals surface area contributed by atoms with Crippen LogP contribution in [-0.2, 0) is 16.1 Å². The van der Waals surface area contributed by atoms with Crippen LogP contribution in [-0.4, -0.2) is 33.0 Å². The number of ether oxygens (including phenoxy) is 4. The standard InChI is InChI=1S/C20H24FNO5.ClH/c1-4-26-20(23)18(21)19(22)14-10-16(24-2)17(25-3)11-15(14)27-12-13-8-6-5-7-9-13;/h5-11,18-19H,4,12,22H2,1-3H3;1H/t18?,19-;/m0./s1. The second kappa shape index (κ2) is 11.4. The largest absolute Gasteiger partial charge is 0.493 e. The summed E-state index contributed by atoms with van der Waals surface area (Å²) in [6.07, 6.45) is -2.04. The van der Waals surface area contributed by atoms with E-state index in [-0.39, 0.29) is 31.2 Å². The van der Waals surface area contributed by atoms with Gasteiger partial charge in [-0.15, -0.1) is 12.4 Å². The summed E-state index contributed by atoms with van der Waals surface area (Å²) < 4.78 is 35.6. The third kappa shape index (κ3) is 5.74. The van der Waals surface area contributed by atoms with Crippen LogP contribution in [0.25, 0.3) is 0 Å². The van der Waals surface area contributed by atoms with Crippen LogP contribution in [0.1, 0.15) is 24.1 Å². The van der Waals surface area contributed by atoms with Crippen LogP contribution < -0.4 is 19.9 Å². The maximum atomic E-state index is 14.5. The van der Waals surface area contributed by atoms with E-state index in [1.54, 1.807) is 13.0 Å². The van der Waals surface area contributed by atoms with Gasteiger partial charge in [0.05, 0.1) is 26.9 Å². The molecule has 2 aromatic rings. The van der Waals surface area contributed by atoms with Crippen molar-refractivity contribution in [1.82, 2.24) is 0 Å². The lowest BCUT2D eigenvalue weighted by molar-refractivity contribution is -0.149. The van der Waals surface area contributed by atoms with Crippen molar-refractivity contribution in [2.24, 2.45) is 5.73 Å². The van der Waals surface area contributed by atoms with Crippen LogP contribution >= 0.6 is 12.4 Å². The summed E-state index contributed by atoms with van der Waals surface area (Å²) in [6.45, 7) is 1.91. The third-order valence-electron chi connectivity index (χ3n) is 3.94. The van der Waals surface area contributed by atoms with Gasteiger partial charge in [-0.3, -0.25) is 0 Å². The molecule has 1 unspecified atom stereocenters. The number of halogens is 2. The van der Waals surface area contributed by atoms with Crippen molar-refractivity contribution in [3.8, 4) is 17.2 Å². The molecule has 8 heteroatoms. The second-order valence-electron chi connectivity index (χ2n) is 5.70. The highest BCUT2D eigenvalue weighted by atomic mass is 35.5. The highest BCUT2D eigenvalue weighted by Gasteiger charge is 2.31. The third-order valence-corrected chi connectivity index (χ3v) is 3.94. The highest BCUT2D eigenvalue weighted by Crippen LogP contribution is 2.38. The zero-order chi connectivity index (χ0) is 19.8. The summed E-state index contributed by atoms with van der Waals surface area (Å²) in [7, 11) is 2.94. The Balaban J connectivity index is 0.00000392. The average molecular weight is 414 g/mol. The van der Waals surface area contributed by atoms with Gasteiger partial charge in [0.25, 0.3) is 0 Å².